The van der Waals surface area contributed by atoms with Crippen molar-refractivity contribution in [2.24, 2.45) is 0 Å². The van der Waals surface area contributed by atoms with Crippen LogP contribution in [-0.2, 0) is 4.79 Å². The normalized spacial score (nSPS) is 14.6. The summed E-state index contributed by atoms with van der Waals surface area (Å²) in [5.41, 5.74) is 0.374. The summed E-state index contributed by atoms with van der Waals surface area (Å²) < 4.78 is 0. The predicted molar refractivity (Wildman–Crippen MR) is 57.9 cm³/mol. The van der Waals surface area contributed by atoms with Crippen LogP contribution in [0.3, 0.4) is 0 Å². The Labute approximate surface area is 96.4 Å². The van der Waals surface area contributed by atoms with E-state index in [-0.39, 0.29) is 24.8 Å². The van der Waals surface area contributed by atoms with Crippen molar-refractivity contribution in [3.63, 3.8) is 0 Å². The molecule has 0 atom stereocenters. The number of anilines is 1. The Morgan fingerprint density at radius 1 is 1.71 bits per heavy atom. The lowest BCUT2D eigenvalue weighted by Gasteiger charge is -2.21. The summed E-state index contributed by atoms with van der Waals surface area (Å²) >= 11 is 0. The number of nitro groups is 1. The second-order valence-electron chi connectivity index (χ2n) is 3.93. The number of nitrogens with zero attached hydrogens (tertiary/aromatic N) is 3. The third kappa shape index (κ3) is 2.52. The zero-order valence-electron chi connectivity index (χ0n) is 9.00. The Bertz CT molecular complexity index is 440. The summed E-state index contributed by atoms with van der Waals surface area (Å²) in [5, 5.41) is 25.4. The van der Waals surface area contributed by atoms with Gasteiger partial charge in [-0.1, -0.05) is 5.10 Å². The van der Waals surface area contributed by atoms with E-state index in [1.807, 2.05) is 0 Å². The van der Waals surface area contributed by atoms with Crippen molar-refractivity contribution in [2.75, 3.05) is 11.4 Å². The van der Waals surface area contributed by atoms with E-state index in [1.54, 1.807) is 4.90 Å². The molecule has 0 spiro atoms. The maximum atomic E-state index is 10.8. The monoisotopic (exact) mass is 240 g/mol. The predicted octanol–water partition coefficient (Wildman–Crippen LogP) is 0.761. The van der Waals surface area contributed by atoms with Gasteiger partial charge in [0.2, 0.25) is 0 Å². The molecule has 0 amide bonds. The Morgan fingerprint density at radius 2 is 2.41 bits per heavy atom. The SMILES string of the molecule is O=C(O)CCN(c1cn[nH]c1[N+](=O)[O-])C1CC1. The molecular weight excluding hydrogens is 228 g/mol. The smallest absolute Gasteiger partial charge is 0.366 e. The average Bonchev–Trinajstić information content (AvgIpc) is 2.95. The minimum Gasteiger partial charge on any atom is -0.481 e. The lowest BCUT2D eigenvalue weighted by atomic mass is 10.3. The molecule has 0 unspecified atom stereocenters. The summed E-state index contributed by atoms with van der Waals surface area (Å²) in [7, 11) is 0. The minimum absolute atomic E-state index is 0.0428. The van der Waals surface area contributed by atoms with Gasteiger partial charge in [-0.3, -0.25) is 4.79 Å². The molecule has 2 rings (SSSR count). The molecule has 1 heterocycles. The molecule has 0 saturated heterocycles. The van der Waals surface area contributed by atoms with Crippen LogP contribution in [0.5, 0.6) is 0 Å². The van der Waals surface area contributed by atoms with Gasteiger partial charge in [-0.05, 0) is 17.8 Å². The summed E-state index contributed by atoms with van der Waals surface area (Å²) in [4.78, 5) is 22.5. The topological polar surface area (TPSA) is 112 Å². The van der Waals surface area contributed by atoms with E-state index in [0.29, 0.717) is 5.69 Å². The van der Waals surface area contributed by atoms with Gasteiger partial charge in [0, 0.05) is 12.6 Å². The fourth-order valence-corrected chi connectivity index (χ4v) is 1.72. The number of carboxylic acids is 1. The molecule has 1 aromatic rings. The molecule has 1 fully saturated rings. The Balaban J connectivity index is 2.17. The van der Waals surface area contributed by atoms with Gasteiger partial charge in [-0.25, -0.2) is 0 Å². The first-order chi connectivity index (χ1) is 8.09. The highest BCUT2D eigenvalue weighted by atomic mass is 16.6. The molecule has 2 N–H and O–H groups in total. The molecule has 17 heavy (non-hydrogen) atoms. The molecule has 0 bridgehead atoms. The van der Waals surface area contributed by atoms with E-state index in [9.17, 15) is 14.9 Å². The zero-order chi connectivity index (χ0) is 12.4. The van der Waals surface area contributed by atoms with Gasteiger partial charge in [0.05, 0.1) is 6.42 Å². The molecule has 92 valence electrons. The van der Waals surface area contributed by atoms with Gasteiger partial charge in [-0.15, -0.1) is 5.10 Å². The van der Waals surface area contributed by atoms with E-state index < -0.39 is 10.9 Å². The van der Waals surface area contributed by atoms with Crippen LogP contribution in [0.1, 0.15) is 19.3 Å². The first kappa shape index (κ1) is 11.4. The van der Waals surface area contributed by atoms with E-state index in [0.717, 1.165) is 12.8 Å². The van der Waals surface area contributed by atoms with E-state index in [1.165, 1.54) is 6.20 Å². The highest BCUT2D eigenvalue weighted by molar-refractivity contribution is 5.68. The number of nitrogens with one attached hydrogen (secondary N) is 1. The molecule has 0 radical (unpaired) electrons. The van der Waals surface area contributed by atoms with Crippen LogP contribution < -0.4 is 4.90 Å². The Hall–Kier alpha value is -2.12. The largest absolute Gasteiger partial charge is 0.481 e. The summed E-state index contributed by atoms with van der Waals surface area (Å²) in [6, 6.07) is 0.200. The van der Waals surface area contributed by atoms with Gasteiger partial charge < -0.3 is 20.1 Å². The Morgan fingerprint density at radius 3 is 2.94 bits per heavy atom. The van der Waals surface area contributed by atoms with Crippen LogP contribution in [-0.4, -0.2) is 38.8 Å². The van der Waals surface area contributed by atoms with Crippen LogP contribution in [0.25, 0.3) is 0 Å². The van der Waals surface area contributed by atoms with Crippen molar-refractivity contribution in [1.29, 1.82) is 0 Å². The second kappa shape index (κ2) is 4.40. The van der Waals surface area contributed by atoms with Gasteiger partial charge in [0.25, 0.3) is 0 Å². The number of aromatic amines is 1. The van der Waals surface area contributed by atoms with Crippen molar-refractivity contribution >= 4 is 17.5 Å². The lowest BCUT2D eigenvalue weighted by molar-refractivity contribution is -0.388. The molecule has 1 aliphatic rings. The first-order valence-corrected chi connectivity index (χ1v) is 5.26. The lowest BCUT2D eigenvalue weighted by Crippen LogP contribution is -2.28. The van der Waals surface area contributed by atoms with Crippen LogP contribution in [0.15, 0.2) is 6.20 Å². The average molecular weight is 240 g/mol. The van der Waals surface area contributed by atoms with E-state index in [2.05, 4.69) is 10.2 Å². The Kier molecular flexibility index (Phi) is 2.94. The number of aromatic nitrogens is 2. The summed E-state index contributed by atoms with van der Waals surface area (Å²) in [6.45, 7) is 0.264. The first-order valence-electron chi connectivity index (χ1n) is 5.26. The summed E-state index contributed by atoms with van der Waals surface area (Å²) in [6.07, 6.45) is 3.20. The van der Waals surface area contributed by atoms with Crippen molar-refractivity contribution in [3.8, 4) is 0 Å². The fraction of sp³-hybridized carbons (Fsp3) is 0.556. The van der Waals surface area contributed by atoms with Gasteiger partial charge in [0.1, 0.15) is 6.20 Å². The van der Waals surface area contributed by atoms with E-state index in [4.69, 9.17) is 5.11 Å². The number of H-pyrrole nitrogens is 1. The minimum atomic E-state index is -0.915. The van der Waals surface area contributed by atoms with Crippen molar-refractivity contribution in [1.82, 2.24) is 10.2 Å². The highest BCUT2D eigenvalue weighted by Gasteiger charge is 2.33. The number of aliphatic carboxylic acids is 1. The molecule has 1 aliphatic carbocycles. The number of rotatable bonds is 6. The number of hydrogen-bond donors (Lipinski definition) is 2. The maximum Gasteiger partial charge on any atom is 0.366 e. The van der Waals surface area contributed by atoms with Crippen molar-refractivity contribution in [2.45, 2.75) is 25.3 Å². The van der Waals surface area contributed by atoms with Gasteiger partial charge in [0.15, 0.2) is 5.69 Å². The summed E-state index contributed by atoms with van der Waals surface area (Å²) in [5.74, 6) is -1.09. The molecule has 1 saturated carbocycles. The standard InChI is InChI=1S/C9H12N4O4/c14-8(15)3-4-12(6-1-2-6)7-5-10-11-9(7)13(16)17/h5-6H,1-4H2,(H,10,11)(H,14,15). The van der Waals surface area contributed by atoms with Crippen LogP contribution in [0.4, 0.5) is 11.5 Å². The molecule has 8 heteroatoms. The fourth-order valence-electron chi connectivity index (χ4n) is 1.72. The quantitative estimate of drug-likeness (QED) is 0.560. The molecule has 8 nitrogen and oxygen atoms in total. The van der Waals surface area contributed by atoms with Crippen LogP contribution in [0, 0.1) is 10.1 Å². The van der Waals surface area contributed by atoms with Crippen LogP contribution in [0.2, 0.25) is 0 Å². The molecule has 1 aromatic heterocycles. The van der Waals surface area contributed by atoms with Crippen molar-refractivity contribution < 1.29 is 14.8 Å². The highest BCUT2D eigenvalue weighted by Crippen LogP contribution is 2.35. The third-order valence-corrected chi connectivity index (χ3v) is 2.65. The molecule has 0 aromatic carbocycles. The van der Waals surface area contributed by atoms with E-state index >= 15 is 0 Å². The van der Waals surface area contributed by atoms with Crippen LogP contribution >= 0.6 is 0 Å². The number of hydrogen-bond acceptors (Lipinski definition) is 5. The van der Waals surface area contributed by atoms with Crippen molar-refractivity contribution in [3.05, 3.63) is 16.3 Å². The molecular formula is C9H12N4O4. The maximum absolute atomic E-state index is 10.8. The zero-order valence-corrected chi connectivity index (χ0v) is 9.00. The second-order valence-corrected chi connectivity index (χ2v) is 3.93. The third-order valence-electron chi connectivity index (χ3n) is 2.65. The van der Waals surface area contributed by atoms with Gasteiger partial charge in [-0.2, -0.15) is 0 Å². The van der Waals surface area contributed by atoms with Gasteiger partial charge >= 0.3 is 11.8 Å². The molecule has 0 aliphatic heterocycles. The number of carbonyl (C=O) groups is 1. The number of carboxylic acid groups (broad SMARTS) is 1.